The molecule has 0 aromatic rings. The Labute approximate surface area is 129 Å². The number of halogens is 4. The Morgan fingerprint density at radius 3 is 2.56 bits per heavy atom. The molecule has 1 aliphatic heterocycles. The summed E-state index contributed by atoms with van der Waals surface area (Å²) in [6.45, 7) is 0. The SMILES string of the molecule is O=C1C2C=CCCC2C(=O)N1SC(Cl)(Cl)C(Cl)Cl. The lowest BCUT2D eigenvalue weighted by Crippen LogP contribution is -2.31. The van der Waals surface area contributed by atoms with Gasteiger partial charge in [-0.1, -0.05) is 35.4 Å². The number of hydrogen-bond acceptors (Lipinski definition) is 3. The van der Waals surface area contributed by atoms with Gasteiger partial charge in [0.15, 0.2) is 4.84 Å². The maximum Gasteiger partial charge on any atom is 0.247 e. The molecule has 3 nitrogen and oxygen atoms in total. The molecular weight excluding hydrogens is 340 g/mol. The second-order valence-electron chi connectivity index (χ2n) is 4.06. The van der Waals surface area contributed by atoms with Crippen molar-refractivity contribution >= 4 is 70.2 Å². The van der Waals surface area contributed by atoms with Crippen LogP contribution in [0, 0.1) is 11.8 Å². The van der Waals surface area contributed by atoms with Crippen molar-refractivity contribution in [2.75, 3.05) is 0 Å². The summed E-state index contributed by atoms with van der Waals surface area (Å²) >= 11 is 23.7. The van der Waals surface area contributed by atoms with Gasteiger partial charge in [-0.2, -0.15) is 0 Å². The number of carbonyl (C=O) groups is 2. The van der Waals surface area contributed by atoms with Crippen LogP contribution < -0.4 is 0 Å². The molecule has 8 heteroatoms. The van der Waals surface area contributed by atoms with E-state index in [1.807, 2.05) is 6.08 Å². The van der Waals surface area contributed by atoms with Gasteiger partial charge in [0.1, 0.15) is 0 Å². The Hall–Kier alpha value is 0.390. The number of carbonyl (C=O) groups excluding carboxylic acids is 2. The number of amides is 2. The molecule has 1 heterocycles. The number of allylic oxidation sites excluding steroid dienone is 1. The summed E-state index contributed by atoms with van der Waals surface area (Å²) < 4.78 is -0.644. The summed E-state index contributed by atoms with van der Waals surface area (Å²) in [5, 5.41) is 0. The molecule has 0 aromatic heterocycles. The molecule has 18 heavy (non-hydrogen) atoms. The van der Waals surface area contributed by atoms with Crippen molar-refractivity contribution in [2.24, 2.45) is 11.8 Å². The van der Waals surface area contributed by atoms with E-state index in [0.29, 0.717) is 18.4 Å². The zero-order chi connectivity index (χ0) is 13.5. The average molecular weight is 349 g/mol. The highest BCUT2D eigenvalue weighted by Gasteiger charge is 2.51. The predicted octanol–water partition coefficient (Wildman–Crippen LogP) is 3.52. The highest BCUT2D eigenvalue weighted by molar-refractivity contribution is 8.02. The minimum atomic E-state index is -1.63. The molecule has 1 saturated heterocycles. The molecule has 1 aliphatic carbocycles. The normalized spacial score (nSPS) is 28.2. The lowest BCUT2D eigenvalue weighted by molar-refractivity contribution is -0.133. The number of hydrogen-bond donors (Lipinski definition) is 0. The summed E-state index contributed by atoms with van der Waals surface area (Å²) in [5.41, 5.74) is 0. The topological polar surface area (TPSA) is 37.4 Å². The summed E-state index contributed by atoms with van der Waals surface area (Å²) in [6.07, 6.45) is 5.11. The molecule has 1 fully saturated rings. The van der Waals surface area contributed by atoms with Gasteiger partial charge in [-0.05, 0) is 12.8 Å². The van der Waals surface area contributed by atoms with Gasteiger partial charge in [0.25, 0.3) is 0 Å². The van der Waals surface area contributed by atoms with Gasteiger partial charge < -0.3 is 0 Å². The van der Waals surface area contributed by atoms with Crippen LogP contribution in [0.15, 0.2) is 12.2 Å². The first-order valence-electron chi connectivity index (χ1n) is 5.24. The Morgan fingerprint density at radius 1 is 1.33 bits per heavy atom. The molecule has 0 bridgehead atoms. The zero-order valence-electron chi connectivity index (χ0n) is 8.98. The Morgan fingerprint density at radius 2 is 2.00 bits per heavy atom. The zero-order valence-corrected chi connectivity index (χ0v) is 12.8. The number of imide groups is 1. The monoisotopic (exact) mass is 347 g/mol. The largest absolute Gasteiger partial charge is 0.273 e. The van der Waals surface area contributed by atoms with E-state index in [4.69, 9.17) is 46.4 Å². The Bertz CT molecular complexity index is 413. The van der Waals surface area contributed by atoms with Crippen LogP contribution in [0.1, 0.15) is 12.8 Å². The van der Waals surface area contributed by atoms with Crippen LogP contribution in [0.5, 0.6) is 0 Å². The summed E-state index contributed by atoms with van der Waals surface area (Å²) in [7, 11) is 0. The van der Waals surface area contributed by atoms with Crippen LogP contribution in [0.4, 0.5) is 0 Å². The van der Waals surface area contributed by atoms with E-state index in [9.17, 15) is 9.59 Å². The molecule has 0 aromatic carbocycles. The molecule has 100 valence electrons. The maximum absolute atomic E-state index is 12.1. The number of nitrogens with zero attached hydrogens (tertiary/aromatic N) is 1. The quantitative estimate of drug-likeness (QED) is 0.339. The van der Waals surface area contributed by atoms with E-state index in [0.717, 1.165) is 10.7 Å². The molecule has 0 N–H and O–H groups in total. The van der Waals surface area contributed by atoms with Crippen molar-refractivity contribution in [3.63, 3.8) is 0 Å². The van der Waals surface area contributed by atoms with Gasteiger partial charge in [-0.15, -0.1) is 23.2 Å². The van der Waals surface area contributed by atoms with E-state index >= 15 is 0 Å². The molecule has 0 spiro atoms. The number of fused-ring (bicyclic) bond motifs is 1. The van der Waals surface area contributed by atoms with E-state index in [-0.39, 0.29) is 17.7 Å². The van der Waals surface area contributed by atoms with Crippen LogP contribution in [0.3, 0.4) is 0 Å². The van der Waals surface area contributed by atoms with E-state index in [2.05, 4.69) is 0 Å². The van der Waals surface area contributed by atoms with Crippen molar-refractivity contribution in [3.8, 4) is 0 Å². The molecule has 0 saturated carbocycles. The van der Waals surface area contributed by atoms with Crippen molar-refractivity contribution in [2.45, 2.75) is 21.3 Å². The highest BCUT2D eigenvalue weighted by atomic mass is 35.5. The van der Waals surface area contributed by atoms with E-state index < -0.39 is 14.4 Å². The molecule has 2 amide bonds. The van der Waals surface area contributed by atoms with Crippen molar-refractivity contribution in [1.29, 1.82) is 0 Å². The molecule has 2 unspecified atom stereocenters. The van der Waals surface area contributed by atoms with Crippen molar-refractivity contribution in [1.82, 2.24) is 4.31 Å². The molecular formula is C10H9Cl4NO2S. The van der Waals surface area contributed by atoms with Crippen molar-refractivity contribution < 1.29 is 9.59 Å². The van der Waals surface area contributed by atoms with Crippen molar-refractivity contribution in [3.05, 3.63) is 12.2 Å². The molecule has 2 rings (SSSR count). The third-order valence-electron chi connectivity index (χ3n) is 2.89. The molecule has 2 aliphatic rings. The summed E-state index contributed by atoms with van der Waals surface area (Å²) in [5.74, 6) is -1.32. The fourth-order valence-electron chi connectivity index (χ4n) is 2.01. The first kappa shape index (κ1) is 14.8. The maximum atomic E-state index is 12.1. The van der Waals surface area contributed by atoms with Crippen LogP contribution >= 0.6 is 58.4 Å². The third kappa shape index (κ3) is 2.63. The van der Waals surface area contributed by atoms with E-state index in [1.165, 1.54) is 0 Å². The van der Waals surface area contributed by atoms with Gasteiger partial charge >= 0.3 is 0 Å². The number of rotatable bonds is 3. The standard InChI is InChI=1S/C10H9Cl4NO2S/c11-9(12)10(13,14)18-15-7(16)5-3-1-2-4-6(5)8(15)17/h1,3,5-6,9H,2,4H2. The van der Waals surface area contributed by atoms with Crippen LogP contribution in [0.25, 0.3) is 0 Å². The van der Waals surface area contributed by atoms with Gasteiger partial charge in [0.2, 0.25) is 15.5 Å². The average Bonchev–Trinajstić information content (AvgIpc) is 2.55. The van der Waals surface area contributed by atoms with Gasteiger partial charge in [-0.25, -0.2) is 4.31 Å². The van der Waals surface area contributed by atoms with Crippen LogP contribution in [-0.2, 0) is 9.59 Å². The van der Waals surface area contributed by atoms with Gasteiger partial charge in [0.05, 0.1) is 11.8 Å². The third-order valence-corrected chi connectivity index (χ3v) is 6.12. The number of alkyl halides is 4. The second kappa shape index (κ2) is 5.41. The van der Waals surface area contributed by atoms with Gasteiger partial charge in [0, 0.05) is 11.9 Å². The first-order chi connectivity index (χ1) is 8.34. The second-order valence-corrected chi connectivity index (χ2v) is 8.18. The predicted molar refractivity (Wildman–Crippen MR) is 74.7 cm³/mol. The Kier molecular flexibility index (Phi) is 4.44. The van der Waals surface area contributed by atoms with Crippen LogP contribution in [-0.4, -0.2) is 24.6 Å². The van der Waals surface area contributed by atoms with Crippen LogP contribution in [0.2, 0.25) is 0 Å². The smallest absolute Gasteiger partial charge is 0.247 e. The van der Waals surface area contributed by atoms with E-state index in [1.54, 1.807) is 6.08 Å². The highest BCUT2D eigenvalue weighted by Crippen LogP contribution is 2.48. The minimum absolute atomic E-state index is 0.279. The van der Waals surface area contributed by atoms with Gasteiger partial charge in [-0.3, -0.25) is 9.59 Å². The lowest BCUT2D eigenvalue weighted by Gasteiger charge is -2.24. The lowest BCUT2D eigenvalue weighted by atomic mass is 9.86. The fourth-order valence-corrected chi connectivity index (χ4v) is 3.42. The first-order valence-corrected chi connectivity index (χ1v) is 7.64. The fraction of sp³-hybridized carbons (Fsp3) is 0.600. The molecule has 0 radical (unpaired) electrons. The molecule has 2 atom stereocenters. The summed E-state index contributed by atoms with van der Waals surface area (Å²) in [6, 6.07) is 0. The Balaban J connectivity index is 2.18. The minimum Gasteiger partial charge on any atom is -0.273 e. The summed E-state index contributed by atoms with van der Waals surface area (Å²) in [4.78, 5) is 23.1.